The minimum Gasteiger partial charge on any atom is -0.0654 e. The molecule has 0 saturated heterocycles. The first kappa shape index (κ1) is 18.8. The van der Waals surface area contributed by atoms with Gasteiger partial charge in [-0.1, -0.05) is 72.6 Å². The first-order valence-corrected chi connectivity index (χ1v) is 11.7. The molecule has 140 valence electrons. The third-order valence-electron chi connectivity index (χ3n) is 8.76. The van der Waals surface area contributed by atoms with Crippen LogP contribution >= 0.6 is 0 Å². The van der Waals surface area contributed by atoms with E-state index in [0.717, 1.165) is 47.3 Å². The minimum absolute atomic E-state index is 1.00. The van der Waals surface area contributed by atoms with Gasteiger partial charge in [0, 0.05) is 0 Å². The second-order valence-electron chi connectivity index (χ2n) is 9.87. The first-order chi connectivity index (χ1) is 11.7. The summed E-state index contributed by atoms with van der Waals surface area (Å²) in [7, 11) is 0. The maximum absolute atomic E-state index is 2.63. The van der Waals surface area contributed by atoms with Gasteiger partial charge in [0.1, 0.15) is 0 Å². The van der Waals surface area contributed by atoms with Gasteiger partial charge in [-0.2, -0.15) is 0 Å². The van der Waals surface area contributed by atoms with Crippen molar-refractivity contribution >= 4 is 0 Å². The van der Waals surface area contributed by atoms with Gasteiger partial charge >= 0.3 is 0 Å². The lowest BCUT2D eigenvalue weighted by Crippen LogP contribution is -2.45. The Kier molecular flexibility index (Phi) is 6.72. The van der Waals surface area contributed by atoms with Gasteiger partial charge in [-0.3, -0.25) is 0 Å². The van der Waals surface area contributed by atoms with E-state index in [1.807, 2.05) is 0 Å². The zero-order valence-corrected chi connectivity index (χ0v) is 17.1. The van der Waals surface area contributed by atoms with Crippen LogP contribution < -0.4 is 0 Å². The van der Waals surface area contributed by atoms with Crippen LogP contribution in [0.2, 0.25) is 0 Å². The van der Waals surface area contributed by atoms with Gasteiger partial charge < -0.3 is 0 Å². The molecule has 0 aromatic heterocycles. The Labute approximate surface area is 152 Å². The van der Waals surface area contributed by atoms with Crippen LogP contribution in [0, 0.1) is 47.3 Å². The van der Waals surface area contributed by atoms with Crippen molar-refractivity contribution in [2.75, 3.05) is 0 Å². The molecule has 0 aliphatic heterocycles. The number of rotatable bonds is 6. The molecule has 3 aliphatic carbocycles. The second kappa shape index (κ2) is 8.59. The summed E-state index contributed by atoms with van der Waals surface area (Å²) in [6.45, 7) is 9.96. The number of unbranched alkanes of at least 4 members (excludes halogenated alkanes) is 1. The summed E-state index contributed by atoms with van der Waals surface area (Å²) in [5, 5.41) is 0. The van der Waals surface area contributed by atoms with Crippen LogP contribution in [0.5, 0.6) is 0 Å². The fourth-order valence-corrected chi connectivity index (χ4v) is 7.47. The van der Waals surface area contributed by atoms with Crippen LogP contribution in [-0.2, 0) is 0 Å². The fourth-order valence-electron chi connectivity index (χ4n) is 7.47. The molecule has 8 atom stereocenters. The number of hydrogen-bond acceptors (Lipinski definition) is 0. The largest absolute Gasteiger partial charge is 0.0654 e. The first-order valence-electron chi connectivity index (χ1n) is 11.7. The van der Waals surface area contributed by atoms with E-state index in [1.165, 1.54) is 38.5 Å². The monoisotopic (exact) mass is 332 g/mol. The Hall–Kier alpha value is 0. The van der Waals surface area contributed by atoms with E-state index >= 15 is 0 Å². The maximum Gasteiger partial charge on any atom is -0.0321 e. The summed E-state index contributed by atoms with van der Waals surface area (Å²) < 4.78 is 0. The lowest BCUT2D eigenvalue weighted by atomic mass is 9.53. The molecule has 0 heteroatoms. The predicted octanol–water partition coefficient (Wildman–Crippen LogP) is 7.72. The molecule has 0 nitrogen and oxygen atoms in total. The van der Waals surface area contributed by atoms with E-state index in [4.69, 9.17) is 0 Å². The fraction of sp³-hybridized carbons (Fsp3) is 1.00. The van der Waals surface area contributed by atoms with Crippen molar-refractivity contribution in [2.24, 2.45) is 47.3 Å². The van der Waals surface area contributed by atoms with E-state index in [0.29, 0.717) is 0 Å². The van der Waals surface area contributed by atoms with E-state index in [9.17, 15) is 0 Å². The van der Waals surface area contributed by atoms with Crippen LogP contribution in [0.3, 0.4) is 0 Å². The minimum atomic E-state index is 1.00. The smallest absolute Gasteiger partial charge is 0.0321 e. The summed E-state index contributed by atoms with van der Waals surface area (Å²) in [6.07, 6.45) is 18.2. The number of fused-ring (bicyclic) bond motifs is 1. The van der Waals surface area contributed by atoms with E-state index in [1.54, 1.807) is 38.5 Å². The van der Waals surface area contributed by atoms with Gasteiger partial charge in [0.25, 0.3) is 0 Å². The normalized spacial score (nSPS) is 46.0. The predicted molar refractivity (Wildman–Crippen MR) is 106 cm³/mol. The summed E-state index contributed by atoms with van der Waals surface area (Å²) in [5.41, 5.74) is 0. The highest BCUT2D eigenvalue weighted by Gasteiger charge is 2.49. The third-order valence-corrected chi connectivity index (χ3v) is 8.76. The van der Waals surface area contributed by atoms with Gasteiger partial charge in [0.15, 0.2) is 0 Å². The van der Waals surface area contributed by atoms with Gasteiger partial charge in [-0.15, -0.1) is 0 Å². The molecule has 24 heavy (non-hydrogen) atoms. The molecule has 0 heterocycles. The van der Waals surface area contributed by atoms with Gasteiger partial charge in [0.2, 0.25) is 0 Å². The summed E-state index contributed by atoms with van der Waals surface area (Å²) in [4.78, 5) is 0. The highest BCUT2D eigenvalue weighted by molar-refractivity contribution is 4.98. The second-order valence-corrected chi connectivity index (χ2v) is 9.87. The molecule has 0 spiro atoms. The van der Waals surface area contributed by atoms with Crippen LogP contribution in [0.4, 0.5) is 0 Å². The molecule has 0 aromatic carbocycles. The molecule has 3 aliphatic rings. The molecule has 0 radical (unpaired) electrons. The van der Waals surface area contributed by atoms with Gasteiger partial charge in [-0.25, -0.2) is 0 Å². The Balaban J connectivity index is 1.85. The molecule has 3 fully saturated rings. The van der Waals surface area contributed by atoms with Crippen molar-refractivity contribution < 1.29 is 0 Å². The quantitative estimate of drug-likeness (QED) is 0.467. The molecule has 8 unspecified atom stereocenters. The highest BCUT2D eigenvalue weighted by Crippen LogP contribution is 2.57. The SMILES string of the molecule is CCCCC1C(C)CC2CCCC2C1C1CC(CC)CCC1CC. The summed E-state index contributed by atoms with van der Waals surface area (Å²) >= 11 is 0. The average Bonchev–Trinajstić information content (AvgIpc) is 3.06. The third kappa shape index (κ3) is 3.73. The van der Waals surface area contributed by atoms with Crippen LogP contribution in [0.15, 0.2) is 0 Å². The number of hydrogen-bond donors (Lipinski definition) is 0. The molecule has 0 amide bonds. The molecular weight excluding hydrogens is 288 g/mol. The van der Waals surface area contributed by atoms with Crippen LogP contribution in [0.1, 0.15) is 105 Å². The average molecular weight is 333 g/mol. The standard InChI is InChI=1S/C24H44/c1-5-8-11-21-17(4)15-20-10-9-12-22(20)24(21)23-16-18(6-2)13-14-19(23)7-3/h17-24H,5-16H2,1-4H3. The Morgan fingerprint density at radius 1 is 0.833 bits per heavy atom. The zero-order valence-electron chi connectivity index (χ0n) is 17.1. The lowest BCUT2D eigenvalue weighted by Gasteiger charge is -2.52. The molecule has 3 saturated carbocycles. The molecule has 0 aromatic rings. The van der Waals surface area contributed by atoms with Crippen molar-refractivity contribution in [1.29, 1.82) is 0 Å². The molecule has 0 bridgehead atoms. The van der Waals surface area contributed by atoms with Crippen molar-refractivity contribution in [3.8, 4) is 0 Å². The molecular formula is C24H44. The van der Waals surface area contributed by atoms with E-state index in [2.05, 4.69) is 27.7 Å². The van der Waals surface area contributed by atoms with Crippen molar-refractivity contribution in [3.05, 3.63) is 0 Å². The summed E-state index contributed by atoms with van der Waals surface area (Å²) in [5.74, 6) is 8.52. The Bertz CT molecular complexity index is 372. The van der Waals surface area contributed by atoms with Crippen LogP contribution in [0.25, 0.3) is 0 Å². The van der Waals surface area contributed by atoms with Crippen molar-refractivity contribution in [3.63, 3.8) is 0 Å². The van der Waals surface area contributed by atoms with Gasteiger partial charge in [0.05, 0.1) is 0 Å². The van der Waals surface area contributed by atoms with Crippen LogP contribution in [-0.4, -0.2) is 0 Å². The van der Waals surface area contributed by atoms with E-state index in [-0.39, 0.29) is 0 Å². The highest BCUT2D eigenvalue weighted by atomic mass is 14.5. The maximum atomic E-state index is 2.63. The lowest BCUT2D eigenvalue weighted by molar-refractivity contribution is -0.0297. The molecule has 3 rings (SSSR count). The zero-order chi connectivity index (χ0) is 17.1. The van der Waals surface area contributed by atoms with Gasteiger partial charge in [-0.05, 0) is 79.4 Å². The summed E-state index contributed by atoms with van der Waals surface area (Å²) in [6, 6.07) is 0. The topological polar surface area (TPSA) is 0 Å². The Morgan fingerprint density at radius 2 is 1.67 bits per heavy atom. The molecule has 0 N–H and O–H groups in total. The van der Waals surface area contributed by atoms with Crippen molar-refractivity contribution in [2.45, 2.75) is 105 Å². The Morgan fingerprint density at radius 3 is 2.38 bits per heavy atom. The van der Waals surface area contributed by atoms with Crippen molar-refractivity contribution in [1.82, 2.24) is 0 Å². The van der Waals surface area contributed by atoms with E-state index < -0.39 is 0 Å².